The van der Waals surface area contributed by atoms with Crippen LogP contribution in [0.25, 0.3) is 0 Å². The van der Waals surface area contributed by atoms with Gasteiger partial charge in [-0.2, -0.15) is 0 Å². The lowest BCUT2D eigenvalue weighted by molar-refractivity contribution is 0.737. The fraction of sp³-hybridized carbons (Fsp3) is 0.455. The highest BCUT2D eigenvalue weighted by molar-refractivity contribution is 5.52. The average Bonchev–Trinajstić information content (AvgIpc) is 2.21. The molecule has 0 amide bonds. The largest absolute Gasteiger partial charge is 0.399 e. The molecule has 3 nitrogen and oxygen atoms in total. The number of anilines is 2. The van der Waals surface area contributed by atoms with Crippen molar-refractivity contribution in [3.63, 3.8) is 0 Å². The fourth-order valence-corrected chi connectivity index (χ4v) is 1.40. The minimum absolute atomic E-state index is 0. The highest BCUT2D eigenvalue weighted by atomic mass is 15.1. The van der Waals surface area contributed by atoms with Gasteiger partial charge in [-0.25, -0.2) is 0 Å². The number of nitrogen functional groups attached to an aromatic ring is 1. The molecule has 0 aromatic heterocycles. The average molecular weight is 195 g/mol. The van der Waals surface area contributed by atoms with Crippen molar-refractivity contribution in [2.75, 3.05) is 37.3 Å². The molecule has 0 unspecified atom stereocenters. The van der Waals surface area contributed by atoms with Crippen molar-refractivity contribution in [1.82, 2.24) is 5.32 Å². The lowest BCUT2D eigenvalue weighted by Crippen LogP contribution is -2.30. The quantitative estimate of drug-likeness (QED) is 0.701. The Bertz CT molecular complexity index is 261. The normalized spacial score (nSPS) is 10.1. The summed E-state index contributed by atoms with van der Waals surface area (Å²) in [6.45, 7) is 5.20. The van der Waals surface area contributed by atoms with E-state index in [9.17, 15) is 0 Å². The van der Waals surface area contributed by atoms with E-state index < -0.39 is 0 Å². The van der Waals surface area contributed by atoms with E-state index in [2.05, 4.69) is 29.3 Å². The molecule has 0 heterocycles. The highest BCUT2D eigenvalue weighted by Gasteiger charge is 2.01. The molecular weight excluding hydrogens is 174 g/mol. The molecule has 1 aromatic carbocycles. The Morgan fingerprint density at radius 2 is 2.00 bits per heavy atom. The van der Waals surface area contributed by atoms with E-state index in [0.717, 1.165) is 25.3 Å². The van der Waals surface area contributed by atoms with Crippen molar-refractivity contribution < 1.29 is 1.43 Å². The number of nitrogens with two attached hydrogens (primary N) is 1. The molecule has 0 aliphatic rings. The Morgan fingerprint density at radius 1 is 1.36 bits per heavy atom. The number of likely N-dealkylation sites (N-methyl/N-ethyl adjacent to an activating group) is 2. The fourth-order valence-electron chi connectivity index (χ4n) is 1.40. The lowest BCUT2D eigenvalue weighted by atomic mass is 10.2. The number of nitrogens with one attached hydrogen (secondary N) is 1. The maximum atomic E-state index is 5.64. The first kappa shape index (κ1) is 10.9. The second-order valence-electron chi connectivity index (χ2n) is 3.27. The van der Waals surface area contributed by atoms with E-state index >= 15 is 0 Å². The Kier molecular flexibility index (Phi) is 4.26. The van der Waals surface area contributed by atoms with Gasteiger partial charge >= 0.3 is 0 Å². The van der Waals surface area contributed by atoms with Crippen LogP contribution in [0.5, 0.6) is 0 Å². The van der Waals surface area contributed by atoms with E-state index in [-0.39, 0.29) is 1.43 Å². The summed E-state index contributed by atoms with van der Waals surface area (Å²) in [6, 6.07) is 8.01. The summed E-state index contributed by atoms with van der Waals surface area (Å²) >= 11 is 0. The molecule has 0 aliphatic carbocycles. The zero-order chi connectivity index (χ0) is 10.4. The maximum Gasteiger partial charge on any atom is 0.0368 e. The molecule has 0 fully saturated rings. The van der Waals surface area contributed by atoms with Gasteiger partial charge in [0.2, 0.25) is 0 Å². The first-order chi connectivity index (χ1) is 6.77. The predicted molar refractivity (Wildman–Crippen MR) is 64.8 cm³/mol. The molecule has 0 spiro atoms. The molecule has 0 radical (unpaired) electrons. The van der Waals surface area contributed by atoms with Crippen LogP contribution in [0.2, 0.25) is 0 Å². The highest BCUT2D eigenvalue weighted by Crippen LogP contribution is 2.15. The SMILES string of the molecule is CCN(CCNC)c1ccc(N)cc1.[HH]. The van der Waals surface area contributed by atoms with Crippen LogP contribution in [0.15, 0.2) is 24.3 Å². The van der Waals surface area contributed by atoms with E-state index in [4.69, 9.17) is 5.73 Å². The molecule has 3 N–H and O–H groups in total. The molecule has 0 saturated carbocycles. The zero-order valence-corrected chi connectivity index (χ0v) is 8.96. The van der Waals surface area contributed by atoms with Crippen LogP contribution in [0.3, 0.4) is 0 Å². The standard InChI is InChI=1S/C11H19N3.H2/c1-3-14(9-8-13-2)11-6-4-10(12)5-7-11;/h4-7,13H,3,8-9,12H2,1-2H3;1H. The predicted octanol–water partition coefficient (Wildman–Crippen LogP) is 1.56. The van der Waals surface area contributed by atoms with E-state index in [1.165, 1.54) is 5.69 Å². The van der Waals surface area contributed by atoms with Crippen LogP contribution in [0.1, 0.15) is 8.35 Å². The second kappa shape index (κ2) is 5.50. The minimum Gasteiger partial charge on any atom is -0.399 e. The molecule has 0 aliphatic heterocycles. The van der Waals surface area contributed by atoms with Crippen molar-refractivity contribution in [3.8, 4) is 0 Å². The van der Waals surface area contributed by atoms with E-state index in [1.54, 1.807) is 0 Å². The Balaban J connectivity index is 0.00000196. The third-order valence-electron chi connectivity index (χ3n) is 2.27. The second-order valence-corrected chi connectivity index (χ2v) is 3.27. The van der Waals surface area contributed by atoms with Gasteiger partial charge in [-0.3, -0.25) is 0 Å². The molecule has 0 atom stereocenters. The van der Waals surface area contributed by atoms with Gasteiger partial charge in [0.05, 0.1) is 0 Å². The van der Waals surface area contributed by atoms with Crippen LogP contribution in [-0.2, 0) is 0 Å². The third-order valence-corrected chi connectivity index (χ3v) is 2.27. The maximum absolute atomic E-state index is 5.64. The van der Waals surface area contributed by atoms with Crippen molar-refractivity contribution in [2.24, 2.45) is 0 Å². The molecular formula is C11H21N3. The molecule has 1 rings (SSSR count). The van der Waals surface area contributed by atoms with Crippen LogP contribution < -0.4 is 16.0 Å². The van der Waals surface area contributed by atoms with Gasteiger partial charge in [-0.05, 0) is 38.2 Å². The summed E-state index contributed by atoms with van der Waals surface area (Å²) in [5, 5.41) is 3.15. The number of rotatable bonds is 5. The first-order valence-corrected chi connectivity index (χ1v) is 5.03. The van der Waals surface area contributed by atoms with Crippen LogP contribution in [-0.4, -0.2) is 26.7 Å². The molecule has 3 heteroatoms. The van der Waals surface area contributed by atoms with Crippen LogP contribution in [0, 0.1) is 0 Å². The van der Waals surface area contributed by atoms with Gasteiger partial charge in [0.1, 0.15) is 0 Å². The van der Waals surface area contributed by atoms with Gasteiger partial charge in [0.25, 0.3) is 0 Å². The number of hydrogen-bond acceptors (Lipinski definition) is 3. The van der Waals surface area contributed by atoms with Crippen molar-refractivity contribution in [3.05, 3.63) is 24.3 Å². The Morgan fingerprint density at radius 3 is 2.50 bits per heavy atom. The molecule has 0 saturated heterocycles. The summed E-state index contributed by atoms with van der Waals surface area (Å²) < 4.78 is 0. The number of nitrogens with zero attached hydrogens (tertiary/aromatic N) is 1. The summed E-state index contributed by atoms with van der Waals surface area (Å²) in [6.07, 6.45) is 0. The third kappa shape index (κ3) is 2.92. The van der Waals surface area contributed by atoms with E-state index in [0.29, 0.717) is 0 Å². The van der Waals surface area contributed by atoms with Crippen molar-refractivity contribution in [2.45, 2.75) is 6.92 Å². The van der Waals surface area contributed by atoms with Crippen LogP contribution in [0.4, 0.5) is 11.4 Å². The smallest absolute Gasteiger partial charge is 0.0368 e. The summed E-state index contributed by atoms with van der Waals surface area (Å²) in [7, 11) is 1.97. The summed E-state index contributed by atoms with van der Waals surface area (Å²) in [5.74, 6) is 0. The summed E-state index contributed by atoms with van der Waals surface area (Å²) in [5.41, 5.74) is 7.69. The van der Waals surface area contributed by atoms with Gasteiger partial charge in [-0.1, -0.05) is 0 Å². The van der Waals surface area contributed by atoms with Crippen molar-refractivity contribution in [1.29, 1.82) is 0 Å². The topological polar surface area (TPSA) is 41.3 Å². The van der Waals surface area contributed by atoms with Crippen LogP contribution >= 0.6 is 0 Å². The van der Waals surface area contributed by atoms with Gasteiger partial charge in [0.15, 0.2) is 0 Å². The van der Waals surface area contributed by atoms with E-state index in [1.807, 2.05) is 19.2 Å². The Hall–Kier alpha value is -1.22. The number of hydrogen-bond donors (Lipinski definition) is 2. The molecule has 1 aromatic rings. The van der Waals surface area contributed by atoms with Crippen molar-refractivity contribution >= 4 is 11.4 Å². The van der Waals surface area contributed by atoms with Gasteiger partial charge in [-0.15, -0.1) is 0 Å². The lowest BCUT2D eigenvalue weighted by Gasteiger charge is -2.22. The first-order valence-electron chi connectivity index (χ1n) is 5.03. The summed E-state index contributed by atoms with van der Waals surface area (Å²) in [4.78, 5) is 2.32. The molecule has 14 heavy (non-hydrogen) atoms. The minimum atomic E-state index is 0. The molecule has 0 bridgehead atoms. The zero-order valence-electron chi connectivity index (χ0n) is 8.96. The number of benzene rings is 1. The Labute approximate surface area is 87.4 Å². The monoisotopic (exact) mass is 195 g/mol. The molecule has 80 valence electrons. The van der Waals surface area contributed by atoms with Gasteiger partial charge < -0.3 is 16.0 Å². The van der Waals surface area contributed by atoms with Gasteiger partial charge in [0, 0.05) is 32.4 Å².